The van der Waals surface area contributed by atoms with Gasteiger partial charge in [-0.25, -0.2) is 0 Å². The molecule has 3 rings (SSSR count). The highest BCUT2D eigenvalue weighted by atomic mass is 16.5. The van der Waals surface area contributed by atoms with Gasteiger partial charge >= 0.3 is 0 Å². The molecule has 5 heteroatoms. The lowest BCUT2D eigenvalue weighted by Gasteiger charge is -2.24. The van der Waals surface area contributed by atoms with Gasteiger partial charge in [-0.05, 0) is 30.4 Å². The zero-order chi connectivity index (χ0) is 15.5. The molecule has 1 saturated heterocycles. The van der Waals surface area contributed by atoms with Crippen molar-refractivity contribution in [2.75, 3.05) is 20.3 Å². The molecule has 116 valence electrons. The van der Waals surface area contributed by atoms with E-state index in [-0.39, 0.29) is 24.1 Å². The standard InChI is InChI=1S/C17H20N2O3/c1-22-12-14-6-4-9-19(14)16(20)11-18-10-8-13-5-2-3-7-15(13)17(18)21/h2-3,5,7-8,10,14H,4,6,9,11-12H2,1H3/t14-/m0/s1. The quantitative estimate of drug-likeness (QED) is 0.862. The van der Waals surface area contributed by atoms with Crippen molar-refractivity contribution in [2.45, 2.75) is 25.4 Å². The molecule has 0 aliphatic carbocycles. The Morgan fingerprint density at radius 2 is 2.14 bits per heavy atom. The fourth-order valence-corrected chi connectivity index (χ4v) is 3.12. The molecular formula is C17H20N2O3. The summed E-state index contributed by atoms with van der Waals surface area (Å²) in [6.07, 6.45) is 3.66. The van der Waals surface area contributed by atoms with Crippen molar-refractivity contribution in [2.24, 2.45) is 0 Å². The van der Waals surface area contributed by atoms with Crippen LogP contribution in [0.15, 0.2) is 41.3 Å². The largest absolute Gasteiger partial charge is 0.383 e. The fraction of sp³-hybridized carbons (Fsp3) is 0.412. The minimum Gasteiger partial charge on any atom is -0.383 e. The molecule has 1 aromatic carbocycles. The van der Waals surface area contributed by atoms with E-state index >= 15 is 0 Å². The SMILES string of the molecule is COC[C@@H]1CCCN1C(=O)Cn1ccc2ccccc2c1=O. The predicted molar refractivity (Wildman–Crippen MR) is 84.8 cm³/mol. The van der Waals surface area contributed by atoms with Crippen molar-refractivity contribution >= 4 is 16.7 Å². The van der Waals surface area contributed by atoms with Gasteiger partial charge in [0.25, 0.3) is 5.56 Å². The second-order valence-electron chi connectivity index (χ2n) is 5.67. The van der Waals surface area contributed by atoms with Gasteiger partial charge in [-0.2, -0.15) is 0 Å². The highest BCUT2D eigenvalue weighted by Crippen LogP contribution is 2.18. The fourth-order valence-electron chi connectivity index (χ4n) is 3.12. The van der Waals surface area contributed by atoms with Crippen LogP contribution in [0.3, 0.4) is 0 Å². The third kappa shape index (κ3) is 2.76. The van der Waals surface area contributed by atoms with Gasteiger partial charge in [0.1, 0.15) is 6.54 Å². The number of carbonyl (C=O) groups excluding carboxylic acids is 1. The number of benzene rings is 1. The molecule has 0 unspecified atom stereocenters. The molecule has 0 radical (unpaired) electrons. The topological polar surface area (TPSA) is 51.5 Å². The molecule has 5 nitrogen and oxygen atoms in total. The number of rotatable bonds is 4. The van der Waals surface area contributed by atoms with E-state index in [0.717, 1.165) is 24.8 Å². The van der Waals surface area contributed by atoms with Crippen LogP contribution >= 0.6 is 0 Å². The maximum absolute atomic E-state index is 12.5. The molecule has 2 aromatic rings. The molecule has 0 saturated carbocycles. The van der Waals surface area contributed by atoms with E-state index in [1.165, 1.54) is 4.57 Å². The van der Waals surface area contributed by atoms with Crippen LogP contribution in [-0.2, 0) is 16.1 Å². The summed E-state index contributed by atoms with van der Waals surface area (Å²) >= 11 is 0. The normalized spacial score (nSPS) is 18.0. The maximum Gasteiger partial charge on any atom is 0.258 e. The summed E-state index contributed by atoms with van der Waals surface area (Å²) in [6, 6.07) is 9.44. The predicted octanol–water partition coefficient (Wildman–Crippen LogP) is 1.64. The van der Waals surface area contributed by atoms with Gasteiger partial charge in [-0.3, -0.25) is 9.59 Å². The average Bonchev–Trinajstić information content (AvgIpc) is 2.99. The number of hydrogen-bond donors (Lipinski definition) is 0. The Morgan fingerprint density at radius 3 is 2.95 bits per heavy atom. The van der Waals surface area contributed by atoms with Crippen LogP contribution in [-0.4, -0.2) is 41.7 Å². The first kappa shape index (κ1) is 14.8. The lowest BCUT2D eigenvalue weighted by atomic mass is 10.2. The second kappa shape index (κ2) is 6.32. The molecule has 1 aromatic heterocycles. The van der Waals surface area contributed by atoms with Crippen LogP contribution in [0, 0.1) is 0 Å². The second-order valence-corrected chi connectivity index (χ2v) is 5.67. The van der Waals surface area contributed by atoms with Gasteiger partial charge in [-0.1, -0.05) is 18.2 Å². The average molecular weight is 300 g/mol. The number of hydrogen-bond acceptors (Lipinski definition) is 3. The van der Waals surface area contributed by atoms with Crippen molar-refractivity contribution in [3.63, 3.8) is 0 Å². The van der Waals surface area contributed by atoms with Gasteiger partial charge < -0.3 is 14.2 Å². The van der Waals surface area contributed by atoms with E-state index in [1.807, 2.05) is 29.2 Å². The number of likely N-dealkylation sites (tertiary alicyclic amines) is 1. The molecule has 2 heterocycles. The summed E-state index contributed by atoms with van der Waals surface area (Å²) in [5.74, 6) is -0.0167. The van der Waals surface area contributed by atoms with Crippen LogP contribution in [0.25, 0.3) is 10.8 Å². The molecule has 1 fully saturated rings. The molecule has 1 aliphatic rings. The van der Waals surface area contributed by atoms with Gasteiger partial charge in [0.2, 0.25) is 5.91 Å². The third-order valence-electron chi connectivity index (χ3n) is 4.25. The summed E-state index contributed by atoms with van der Waals surface area (Å²) in [4.78, 5) is 26.8. The maximum atomic E-state index is 12.5. The number of carbonyl (C=O) groups is 1. The van der Waals surface area contributed by atoms with Gasteiger partial charge in [0.15, 0.2) is 0 Å². The van der Waals surface area contributed by atoms with Gasteiger partial charge in [0.05, 0.1) is 12.6 Å². The molecule has 0 N–H and O–H groups in total. The van der Waals surface area contributed by atoms with E-state index in [4.69, 9.17) is 4.74 Å². The van der Waals surface area contributed by atoms with Crippen LogP contribution in [0.5, 0.6) is 0 Å². The van der Waals surface area contributed by atoms with Crippen LogP contribution in [0.2, 0.25) is 0 Å². The Bertz CT molecular complexity index is 738. The van der Waals surface area contributed by atoms with Crippen molar-refractivity contribution in [1.82, 2.24) is 9.47 Å². The number of pyridine rings is 1. The number of ether oxygens (including phenoxy) is 1. The molecule has 0 bridgehead atoms. The van der Waals surface area contributed by atoms with E-state index in [1.54, 1.807) is 19.4 Å². The molecular weight excluding hydrogens is 280 g/mol. The highest BCUT2D eigenvalue weighted by Gasteiger charge is 2.28. The Morgan fingerprint density at radius 1 is 1.32 bits per heavy atom. The number of methoxy groups -OCH3 is 1. The van der Waals surface area contributed by atoms with E-state index < -0.39 is 0 Å². The summed E-state index contributed by atoms with van der Waals surface area (Å²) in [5.41, 5.74) is -0.117. The first-order chi connectivity index (χ1) is 10.7. The monoisotopic (exact) mass is 300 g/mol. The van der Waals surface area contributed by atoms with Crippen molar-refractivity contribution in [3.8, 4) is 0 Å². The molecule has 1 amide bonds. The Labute approximate surface area is 129 Å². The first-order valence-electron chi connectivity index (χ1n) is 7.57. The van der Waals surface area contributed by atoms with Crippen molar-refractivity contribution in [1.29, 1.82) is 0 Å². The Hall–Kier alpha value is -2.14. The van der Waals surface area contributed by atoms with Crippen molar-refractivity contribution < 1.29 is 9.53 Å². The summed E-state index contributed by atoms with van der Waals surface area (Å²) in [6.45, 7) is 1.39. The minimum absolute atomic E-state index is 0.0167. The zero-order valence-corrected chi connectivity index (χ0v) is 12.7. The lowest BCUT2D eigenvalue weighted by molar-refractivity contribution is -0.133. The van der Waals surface area contributed by atoms with Gasteiger partial charge in [0, 0.05) is 25.2 Å². The zero-order valence-electron chi connectivity index (χ0n) is 12.7. The minimum atomic E-state index is -0.117. The third-order valence-corrected chi connectivity index (χ3v) is 4.25. The van der Waals surface area contributed by atoms with Gasteiger partial charge in [-0.15, -0.1) is 0 Å². The molecule has 22 heavy (non-hydrogen) atoms. The van der Waals surface area contributed by atoms with Crippen LogP contribution in [0.1, 0.15) is 12.8 Å². The van der Waals surface area contributed by atoms with E-state index in [2.05, 4.69) is 0 Å². The number of aromatic nitrogens is 1. The van der Waals surface area contributed by atoms with Crippen LogP contribution in [0.4, 0.5) is 0 Å². The number of amides is 1. The number of nitrogens with zero attached hydrogens (tertiary/aromatic N) is 2. The first-order valence-corrected chi connectivity index (χ1v) is 7.57. The summed E-state index contributed by atoms with van der Waals surface area (Å²) in [7, 11) is 1.65. The molecule has 1 aliphatic heterocycles. The Balaban J connectivity index is 1.82. The Kier molecular flexibility index (Phi) is 4.24. The molecule has 1 atom stereocenters. The summed E-state index contributed by atoms with van der Waals surface area (Å²) < 4.78 is 6.67. The van der Waals surface area contributed by atoms with Crippen molar-refractivity contribution in [3.05, 3.63) is 46.9 Å². The smallest absolute Gasteiger partial charge is 0.258 e. The van der Waals surface area contributed by atoms with E-state index in [9.17, 15) is 9.59 Å². The van der Waals surface area contributed by atoms with Crippen LogP contribution < -0.4 is 5.56 Å². The number of fused-ring (bicyclic) bond motifs is 1. The summed E-state index contributed by atoms with van der Waals surface area (Å²) in [5, 5.41) is 1.54. The molecule has 0 spiro atoms. The lowest BCUT2D eigenvalue weighted by Crippen LogP contribution is -2.41. The van der Waals surface area contributed by atoms with E-state index in [0.29, 0.717) is 12.0 Å². The highest BCUT2D eigenvalue weighted by molar-refractivity contribution is 5.82.